The summed E-state index contributed by atoms with van der Waals surface area (Å²) in [6.45, 7) is 3.04. The molecule has 4 saturated carbocycles. The molecule has 2 atom stereocenters. The second-order valence-corrected chi connectivity index (χ2v) is 11.0. The van der Waals surface area contributed by atoms with Crippen LogP contribution in [0.3, 0.4) is 0 Å². The third-order valence-corrected chi connectivity index (χ3v) is 9.21. The van der Waals surface area contributed by atoms with Gasteiger partial charge in [-0.05, 0) is 75.7 Å². The summed E-state index contributed by atoms with van der Waals surface area (Å²) in [6, 6.07) is 6.72. The number of cyclic esters (lactones) is 1. The van der Waals surface area contributed by atoms with E-state index in [1.165, 1.54) is 0 Å². The molecule has 4 bridgehead atoms. The van der Waals surface area contributed by atoms with Crippen molar-refractivity contribution < 1.29 is 32.2 Å². The molecule has 36 heavy (non-hydrogen) atoms. The highest BCUT2D eigenvalue weighted by Gasteiger charge is 2.74. The monoisotopic (exact) mass is 501 g/mol. The van der Waals surface area contributed by atoms with Crippen LogP contribution in [0.5, 0.6) is 0 Å². The van der Waals surface area contributed by atoms with Crippen LogP contribution in [-0.4, -0.2) is 29.3 Å². The van der Waals surface area contributed by atoms with Gasteiger partial charge in [0.1, 0.15) is 5.92 Å². The molecule has 0 N–H and O–H groups in total. The topological polar surface area (TPSA) is 57.5 Å². The number of benzene rings is 1. The molecule has 1 aliphatic heterocycles. The highest BCUT2D eigenvalue weighted by Crippen LogP contribution is 2.63. The van der Waals surface area contributed by atoms with Crippen molar-refractivity contribution in [3.8, 4) is 0 Å². The van der Waals surface area contributed by atoms with Gasteiger partial charge in [-0.25, -0.2) is 4.79 Å². The van der Waals surface area contributed by atoms with E-state index >= 15 is 13.2 Å². The maximum Gasteiger partial charge on any atom is 0.434 e. The minimum atomic E-state index is -5.05. The lowest BCUT2D eigenvalue weighted by Gasteiger charge is -2.52. The van der Waals surface area contributed by atoms with E-state index in [2.05, 4.69) is 0 Å². The number of aromatic nitrogens is 1. The fourth-order valence-electron chi connectivity index (χ4n) is 8.06. The smallest absolute Gasteiger partial charge is 0.434 e. The minimum absolute atomic E-state index is 0.0263. The number of carbonyl (C=O) groups is 2. The summed E-state index contributed by atoms with van der Waals surface area (Å²) >= 11 is 0. The molecular weight excluding hydrogens is 471 g/mol. The first-order valence-electron chi connectivity index (χ1n) is 12.8. The Morgan fingerprint density at radius 2 is 1.72 bits per heavy atom. The zero-order valence-electron chi connectivity index (χ0n) is 20.7. The number of rotatable bonds is 3. The van der Waals surface area contributed by atoms with Crippen molar-refractivity contribution >= 4 is 22.8 Å². The third-order valence-electron chi connectivity index (χ3n) is 9.21. The van der Waals surface area contributed by atoms with Crippen molar-refractivity contribution in [2.75, 3.05) is 6.61 Å². The first-order chi connectivity index (χ1) is 17.1. The quantitative estimate of drug-likeness (QED) is 0.398. The molecule has 1 saturated heterocycles. The third kappa shape index (κ3) is 3.02. The van der Waals surface area contributed by atoms with Crippen LogP contribution in [0.4, 0.5) is 13.2 Å². The van der Waals surface area contributed by atoms with Gasteiger partial charge in [-0.1, -0.05) is 23.8 Å². The maximum atomic E-state index is 15.4. The Morgan fingerprint density at radius 1 is 1.11 bits per heavy atom. The van der Waals surface area contributed by atoms with Crippen molar-refractivity contribution in [2.24, 2.45) is 36.6 Å². The highest BCUT2D eigenvalue weighted by atomic mass is 19.4. The highest BCUT2D eigenvalue weighted by molar-refractivity contribution is 6.02. The number of allylic oxidation sites excluding steroid dienone is 1. The Balaban J connectivity index is 1.66. The number of carbonyl (C=O) groups excluding carboxylic acids is 2. The van der Waals surface area contributed by atoms with Gasteiger partial charge in [-0.2, -0.15) is 13.2 Å². The van der Waals surface area contributed by atoms with E-state index in [1.807, 2.05) is 0 Å². The summed E-state index contributed by atoms with van der Waals surface area (Å²) in [5, 5.41) is 0.313. The Kier molecular flexibility index (Phi) is 5.16. The number of esters is 2. The molecule has 192 valence electrons. The number of halogens is 3. The van der Waals surface area contributed by atoms with Crippen LogP contribution >= 0.6 is 0 Å². The second kappa shape index (κ2) is 7.86. The molecule has 5 nitrogen and oxygen atoms in total. The summed E-state index contributed by atoms with van der Waals surface area (Å²) < 4.78 is 58.7. The van der Waals surface area contributed by atoms with E-state index in [0.29, 0.717) is 28.4 Å². The van der Waals surface area contributed by atoms with Crippen molar-refractivity contribution in [2.45, 2.75) is 57.7 Å². The van der Waals surface area contributed by atoms with Gasteiger partial charge < -0.3 is 14.0 Å². The average Bonchev–Trinajstić information content (AvgIpc) is 3.25. The predicted molar refractivity (Wildman–Crippen MR) is 126 cm³/mol. The van der Waals surface area contributed by atoms with E-state index in [1.54, 1.807) is 49.7 Å². The van der Waals surface area contributed by atoms with Gasteiger partial charge in [0, 0.05) is 29.2 Å². The number of para-hydroxylation sites is 1. The van der Waals surface area contributed by atoms with Gasteiger partial charge in [0.05, 0.1) is 12.2 Å². The van der Waals surface area contributed by atoms with Gasteiger partial charge >= 0.3 is 18.1 Å². The fraction of sp³-hybridized carbons (Fsp3) is 0.571. The van der Waals surface area contributed by atoms with E-state index in [4.69, 9.17) is 9.47 Å². The average molecular weight is 502 g/mol. The van der Waals surface area contributed by atoms with Crippen molar-refractivity contribution in [1.29, 1.82) is 0 Å². The van der Waals surface area contributed by atoms with E-state index < -0.39 is 29.6 Å². The summed E-state index contributed by atoms with van der Waals surface area (Å²) in [6.07, 6.45) is -0.448. The summed E-state index contributed by atoms with van der Waals surface area (Å²) in [5.41, 5.74) is -1.83. The molecule has 0 amide bonds. The van der Waals surface area contributed by atoms with Gasteiger partial charge in [0.15, 0.2) is 0 Å². The Hall–Kier alpha value is -2.77. The number of hydrogen-bond donors (Lipinski definition) is 0. The summed E-state index contributed by atoms with van der Waals surface area (Å²) in [5.74, 6) is -2.84. The normalized spacial score (nSPS) is 33.5. The van der Waals surface area contributed by atoms with Crippen molar-refractivity contribution in [3.05, 3.63) is 46.7 Å². The lowest BCUT2D eigenvalue weighted by atomic mass is 9.53. The number of ether oxygens (including phenoxy) is 2. The molecule has 4 aliphatic carbocycles. The van der Waals surface area contributed by atoms with Crippen molar-refractivity contribution in [1.82, 2.24) is 4.57 Å². The van der Waals surface area contributed by atoms with E-state index in [9.17, 15) is 9.59 Å². The molecule has 1 aromatic carbocycles. The van der Waals surface area contributed by atoms with Gasteiger partial charge in [0.25, 0.3) is 5.60 Å². The van der Waals surface area contributed by atoms with Crippen LogP contribution in [0, 0.1) is 36.5 Å². The Bertz CT molecular complexity index is 1280. The molecular formula is C28H30F3NO4. The maximum absolute atomic E-state index is 15.4. The standard InChI is InChI=1S/C28H30F3NO4/c1-4-35-26(34)24-22(21-17-10-15-9-16(12-17)13-18(21)11-15)25(33)36-27(24,28(29,30)31)23-14(2)32(3)20-8-6-5-7-19(20)23/h5-8,15-18,24H,4,9-13H2,1-3H3/t15?,16?,17?,18?,24-,27+/m0/s1. The van der Waals surface area contributed by atoms with Crippen LogP contribution in [0.25, 0.3) is 10.9 Å². The number of aryl methyl sites for hydroxylation is 1. The zero-order valence-corrected chi connectivity index (χ0v) is 20.7. The van der Waals surface area contributed by atoms with Crippen LogP contribution in [0.1, 0.15) is 50.3 Å². The van der Waals surface area contributed by atoms with Crippen LogP contribution in [0.2, 0.25) is 0 Å². The number of nitrogens with zero attached hydrogens (tertiary/aromatic N) is 1. The van der Waals surface area contributed by atoms with Gasteiger partial charge in [-0.3, -0.25) is 4.79 Å². The number of alkyl halides is 3. The van der Waals surface area contributed by atoms with Crippen molar-refractivity contribution in [3.63, 3.8) is 0 Å². The van der Waals surface area contributed by atoms with Gasteiger partial charge in [-0.15, -0.1) is 0 Å². The molecule has 2 heterocycles. The largest absolute Gasteiger partial charge is 0.465 e. The summed E-state index contributed by atoms with van der Waals surface area (Å²) in [4.78, 5) is 27.1. The first-order valence-corrected chi connectivity index (χ1v) is 12.8. The number of hydrogen-bond acceptors (Lipinski definition) is 4. The molecule has 2 aromatic rings. The molecule has 0 unspecified atom stereocenters. The minimum Gasteiger partial charge on any atom is -0.465 e. The fourth-order valence-corrected chi connectivity index (χ4v) is 8.06. The van der Waals surface area contributed by atoms with Crippen LogP contribution in [-0.2, 0) is 31.7 Å². The summed E-state index contributed by atoms with van der Waals surface area (Å²) in [7, 11) is 1.68. The Morgan fingerprint density at radius 3 is 2.31 bits per heavy atom. The molecule has 7 rings (SSSR count). The van der Waals surface area contributed by atoms with E-state index in [0.717, 1.165) is 37.7 Å². The lowest BCUT2D eigenvalue weighted by Crippen LogP contribution is -2.51. The lowest BCUT2D eigenvalue weighted by molar-refractivity contribution is -0.276. The molecule has 5 aliphatic rings. The van der Waals surface area contributed by atoms with Crippen LogP contribution < -0.4 is 0 Å². The predicted octanol–water partition coefficient (Wildman–Crippen LogP) is 5.73. The zero-order chi connectivity index (χ0) is 25.6. The van der Waals surface area contributed by atoms with Crippen LogP contribution in [0.15, 0.2) is 35.4 Å². The van der Waals surface area contributed by atoms with E-state index in [-0.39, 0.29) is 29.6 Å². The molecule has 0 radical (unpaired) electrons. The molecule has 5 fully saturated rings. The Labute approximate surface area is 207 Å². The SMILES string of the molecule is CCOC(=O)[C@@H]1C(=C2C3CC4CC(C3)CC2C4)C(=O)O[C@@]1(c1c(C)n(C)c2ccccc12)C(F)(F)F. The molecule has 0 spiro atoms. The molecule has 1 aromatic heterocycles. The number of fused-ring (bicyclic) bond motifs is 1. The first kappa shape index (κ1) is 23.6. The second-order valence-electron chi connectivity index (χ2n) is 11.0. The van der Waals surface area contributed by atoms with Gasteiger partial charge in [0.2, 0.25) is 0 Å². The molecule has 8 heteroatoms.